The Labute approximate surface area is 102 Å². The van der Waals surface area contributed by atoms with E-state index in [1.165, 1.54) is 13.2 Å². The second-order valence-corrected chi connectivity index (χ2v) is 4.03. The Morgan fingerprint density at radius 2 is 2.28 bits per heavy atom. The lowest BCUT2D eigenvalue weighted by atomic mass is 9.88. The van der Waals surface area contributed by atoms with E-state index in [0.717, 1.165) is 12.1 Å². The summed E-state index contributed by atoms with van der Waals surface area (Å²) in [6.07, 6.45) is -1.23. The minimum atomic E-state index is -0.805. The molecule has 0 radical (unpaired) electrons. The first-order chi connectivity index (χ1) is 8.52. The van der Waals surface area contributed by atoms with Gasteiger partial charge in [-0.15, -0.1) is 0 Å². The number of ether oxygens (including phenoxy) is 2. The van der Waals surface area contributed by atoms with E-state index in [0.29, 0.717) is 6.42 Å². The van der Waals surface area contributed by atoms with E-state index in [4.69, 9.17) is 9.47 Å². The molecule has 0 aromatic heterocycles. The van der Waals surface area contributed by atoms with Crippen LogP contribution in [0.15, 0.2) is 18.2 Å². The van der Waals surface area contributed by atoms with Crippen LogP contribution in [0.2, 0.25) is 0 Å². The third-order valence-corrected chi connectivity index (χ3v) is 2.90. The average Bonchev–Trinajstić information content (AvgIpc) is 2.30. The molecule has 18 heavy (non-hydrogen) atoms. The van der Waals surface area contributed by atoms with Crippen molar-refractivity contribution in [2.75, 3.05) is 7.11 Å². The number of aliphatic hydroxyl groups is 1. The Morgan fingerprint density at radius 3 is 2.78 bits per heavy atom. The van der Waals surface area contributed by atoms with Crippen molar-refractivity contribution in [3.8, 4) is 5.75 Å². The van der Waals surface area contributed by atoms with Gasteiger partial charge in [0.1, 0.15) is 12.2 Å². The fourth-order valence-corrected chi connectivity index (χ4v) is 1.84. The molecule has 3 atom stereocenters. The van der Waals surface area contributed by atoms with Crippen LogP contribution in [0.5, 0.6) is 5.75 Å². The molecule has 6 nitrogen and oxygen atoms in total. The number of nitro benzene ring substituents is 1. The van der Waals surface area contributed by atoms with Crippen LogP contribution in [0.25, 0.3) is 0 Å². The maximum Gasteiger partial charge on any atom is 0.272 e. The lowest BCUT2D eigenvalue weighted by molar-refractivity contribution is -0.385. The SMILES string of the molecule is COC1C(O)CC1Oc1ccc([N+](=O)[O-])cc1F. The van der Waals surface area contributed by atoms with Crippen LogP contribution < -0.4 is 4.74 Å². The van der Waals surface area contributed by atoms with Gasteiger partial charge >= 0.3 is 0 Å². The molecule has 0 aliphatic heterocycles. The molecule has 3 unspecified atom stereocenters. The van der Waals surface area contributed by atoms with E-state index in [2.05, 4.69) is 0 Å². The highest BCUT2D eigenvalue weighted by atomic mass is 19.1. The topological polar surface area (TPSA) is 81.8 Å². The number of hydrogen-bond acceptors (Lipinski definition) is 5. The van der Waals surface area contributed by atoms with E-state index in [1.807, 2.05) is 0 Å². The summed E-state index contributed by atoms with van der Waals surface area (Å²) in [4.78, 5) is 9.76. The average molecular weight is 257 g/mol. The van der Waals surface area contributed by atoms with Gasteiger partial charge in [-0.25, -0.2) is 4.39 Å². The normalized spacial score (nSPS) is 26.5. The van der Waals surface area contributed by atoms with Gasteiger partial charge in [0.25, 0.3) is 5.69 Å². The number of halogens is 1. The van der Waals surface area contributed by atoms with E-state index in [1.54, 1.807) is 0 Å². The number of benzene rings is 1. The third-order valence-electron chi connectivity index (χ3n) is 2.90. The maximum atomic E-state index is 13.5. The van der Waals surface area contributed by atoms with Gasteiger partial charge in [-0.3, -0.25) is 10.1 Å². The molecule has 0 heterocycles. The number of methoxy groups -OCH3 is 1. The van der Waals surface area contributed by atoms with E-state index in [-0.39, 0.29) is 11.4 Å². The first-order valence-electron chi connectivity index (χ1n) is 5.34. The van der Waals surface area contributed by atoms with Crippen molar-refractivity contribution in [1.82, 2.24) is 0 Å². The lowest BCUT2D eigenvalue weighted by Gasteiger charge is -2.39. The molecule has 0 saturated heterocycles. The van der Waals surface area contributed by atoms with E-state index >= 15 is 0 Å². The molecule has 0 bridgehead atoms. The zero-order valence-electron chi connectivity index (χ0n) is 9.58. The van der Waals surface area contributed by atoms with Crippen LogP contribution in [0.3, 0.4) is 0 Å². The molecule has 1 aliphatic rings. The number of non-ortho nitro benzene ring substituents is 1. The van der Waals surface area contributed by atoms with Gasteiger partial charge in [0, 0.05) is 19.6 Å². The molecule has 0 spiro atoms. The van der Waals surface area contributed by atoms with Gasteiger partial charge in [0.05, 0.1) is 17.1 Å². The summed E-state index contributed by atoms with van der Waals surface area (Å²) < 4.78 is 23.8. The van der Waals surface area contributed by atoms with Crippen LogP contribution in [0.1, 0.15) is 6.42 Å². The minimum absolute atomic E-state index is 0.0837. The first-order valence-corrected chi connectivity index (χ1v) is 5.34. The Bertz CT molecular complexity index is 467. The predicted octanol–water partition coefficient (Wildman–Crippen LogP) is 1.26. The van der Waals surface area contributed by atoms with Gasteiger partial charge in [-0.05, 0) is 6.07 Å². The lowest BCUT2D eigenvalue weighted by Crippen LogP contribution is -2.54. The molecule has 2 rings (SSSR count). The second kappa shape index (κ2) is 4.87. The predicted molar refractivity (Wildman–Crippen MR) is 58.9 cm³/mol. The molecule has 1 saturated carbocycles. The van der Waals surface area contributed by atoms with Gasteiger partial charge in [0.15, 0.2) is 11.6 Å². The second-order valence-electron chi connectivity index (χ2n) is 4.03. The molecular formula is C11H12FNO5. The van der Waals surface area contributed by atoms with Crippen molar-refractivity contribution >= 4 is 5.69 Å². The molecule has 7 heteroatoms. The highest BCUT2D eigenvalue weighted by Gasteiger charge is 2.42. The van der Waals surface area contributed by atoms with Crippen LogP contribution in [-0.4, -0.2) is 35.5 Å². The van der Waals surface area contributed by atoms with Crippen LogP contribution in [0.4, 0.5) is 10.1 Å². The molecular weight excluding hydrogens is 245 g/mol. The number of rotatable bonds is 4. The molecule has 1 N–H and O–H groups in total. The van der Waals surface area contributed by atoms with Crippen LogP contribution in [0, 0.1) is 15.9 Å². The highest BCUT2D eigenvalue weighted by molar-refractivity contribution is 5.37. The van der Waals surface area contributed by atoms with Crippen LogP contribution >= 0.6 is 0 Å². The highest BCUT2D eigenvalue weighted by Crippen LogP contribution is 2.31. The first kappa shape index (κ1) is 12.7. The summed E-state index contributed by atoms with van der Waals surface area (Å²) in [5.74, 6) is -0.889. The number of nitrogens with zero attached hydrogens (tertiary/aromatic N) is 1. The summed E-state index contributed by atoms with van der Waals surface area (Å²) in [6, 6.07) is 3.16. The summed E-state index contributed by atoms with van der Waals surface area (Å²) in [5.41, 5.74) is -0.336. The Kier molecular flexibility index (Phi) is 3.44. The summed E-state index contributed by atoms with van der Waals surface area (Å²) in [6.45, 7) is 0. The smallest absolute Gasteiger partial charge is 0.272 e. The zero-order chi connectivity index (χ0) is 13.3. The summed E-state index contributed by atoms with van der Waals surface area (Å²) >= 11 is 0. The van der Waals surface area contributed by atoms with Crippen molar-refractivity contribution in [3.63, 3.8) is 0 Å². The fourth-order valence-electron chi connectivity index (χ4n) is 1.84. The molecule has 1 aromatic carbocycles. The summed E-state index contributed by atoms with van der Waals surface area (Å²) in [5, 5.41) is 19.8. The minimum Gasteiger partial charge on any atom is -0.484 e. The summed E-state index contributed by atoms with van der Waals surface area (Å²) in [7, 11) is 1.43. The fraction of sp³-hybridized carbons (Fsp3) is 0.455. The van der Waals surface area contributed by atoms with Crippen LogP contribution in [-0.2, 0) is 4.74 Å². The van der Waals surface area contributed by atoms with Crippen molar-refractivity contribution in [1.29, 1.82) is 0 Å². The Hall–Kier alpha value is -1.73. The third kappa shape index (κ3) is 2.27. The zero-order valence-corrected chi connectivity index (χ0v) is 9.58. The maximum absolute atomic E-state index is 13.5. The number of aliphatic hydroxyl groups excluding tert-OH is 1. The Balaban J connectivity index is 2.09. The van der Waals surface area contributed by atoms with Gasteiger partial charge < -0.3 is 14.6 Å². The van der Waals surface area contributed by atoms with Crippen molar-refractivity contribution in [3.05, 3.63) is 34.1 Å². The van der Waals surface area contributed by atoms with Crippen molar-refractivity contribution in [2.24, 2.45) is 0 Å². The largest absolute Gasteiger partial charge is 0.484 e. The van der Waals surface area contributed by atoms with Gasteiger partial charge in [-0.1, -0.05) is 0 Å². The molecule has 98 valence electrons. The molecule has 1 aromatic rings. The van der Waals surface area contributed by atoms with Gasteiger partial charge in [-0.2, -0.15) is 0 Å². The number of nitro groups is 1. The van der Waals surface area contributed by atoms with Gasteiger partial charge in [0.2, 0.25) is 0 Å². The molecule has 1 fully saturated rings. The Morgan fingerprint density at radius 1 is 1.56 bits per heavy atom. The number of hydrogen-bond donors (Lipinski definition) is 1. The monoisotopic (exact) mass is 257 g/mol. The molecule has 1 aliphatic carbocycles. The quantitative estimate of drug-likeness (QED) is 0.648. The molecule has 0 amide bonds. The van der Waals surface area contributed by atoms with E-state index < -0.39 is 29.1 Å². The van der Waals surface area contributed by atoms with Crippen molar-refractivity contribution < 1.29 is 23.9 Å². The van der Waals surface area contributed by atoms with E-state index in [9.17, 15) is 19.6 Å². The van der Waals surface area contributed by atoms with Crippen molar-refractivity contribution in [2.45, 2.75) is 24.7 Å². The standard InChI is InChI=1S/C11H12FNO5/c1-17-11-8(14)5-10(11)18-9-3-2-6(13(15)16)4-7(9)12/h2-4,8,10-11,14H,5H2,1H3.